The molecule has 0 aliphatic carbocycles. The van der Waals surface area contributed by atoms with Crippen molar-refractivity contribution in [2.45, 2.75) is 13.8 Å². The molecule has 0 unspecified atom stereocenters. The minimum atomic E-state index is -0.368. The number of rotatable bonds is 3. The van der Waals surface area contributed by atoms with Gasteiger partial charge in [-0.2, -0.15) is 5.10 Å². The summed E-state index contributed by atoms with van der Waals surface area (Å²) >= 11 is 0. The Morgan fingerprint density at radius 1 is 1.64 bits per heavy atom. The van der Waals surface area contributed by atoms with Gasteiger partial charge < -0.3 is 4.74 Å². The lowest BCUT2D eigenvalue weighted by Gasteiger charge is -2.04. The van der Waals surface area contributed by atoms with Gasteiger partial charge in [0, 0.05) is 7.05 Å². The molecule has 0 aliphatic rings. The van der Waals surface area contributed by atoms with Crippen LogP contribution in [0.15, 0.2) is 0 Å². The van der Waals surface area contributed by atoms with Crippen LogP contribution in [0.25, 0.3) is 0 Å². The molecule has 1 heterocycles. The zero-order valence-electron chi connectivity index (χ0n) is 8.50. The van der Waals surface area contributed by atoms with Gasteiger partial charge >= 0.3 is 0 Å². The number of nitrogens with two attached hydrogens (primary N) is 1. The first-order chi connectivity index (χ1) is 6.56. The molecule has 6 nitrogen and oxygen atoms in total. The monoisotopic (exact) mass is 198 g/mol. The number of hydrogen-bond acceptors (Lipinski definition) is 4. The van der Waals surface area contributed by atoms with E-state index in [4.69, 9.17) is 10.6 Å². The number of amides is 1. The minimum Gasteiger partial charge on any atom is -0.480 e. The number of aryl methyl sites for hydroxylation is 2. The molecule has 3 N–H and O–H groups in total. The second-order valence-corrected chi connectivity index (χ2v) is 2.98. The zero-order valence-corrected chi connectivity index (χ0v) is 8.50. The summed E-state index contributed by atoms with van der Waals surface area (Å²) in [4.78, 5) is 10.8. The maximum Gasteiger partial charge on any atom is 0.271 e. The molecule has 0 saturated heterocycles. The van der Waals surface area contributed by atoms with Crippen LogP contribution in [0.5, 0.6) is 5.75 Å². The van der Waals surface area contributed by atoms with Gasteiger partial charge in [0.15, 0.2) is 12.4 Å². The highest BCUT2D eigenvalue weighted by atomic mass is 16.5. The molecule has 0 fully saturated rings. The van der Waals surface area contributed by atoms with E-state index in [9.17, 15) is 4.79 Å². The Hall–Kier alpha value is -1.56. The van der Waals surface area contributed by atoms with Crippen LogP contribution in [-0.2, 0) is 11.8 Å². The summed E-state index contributed by atoms with van der Waals surface area (Å²) in [6, 6.07) is 0. The number of nitrogens with zero attached hydrogens (tertiary/aromatic N) is 2. The van der Waals surface area contributed by atoms with Gasteiger partial charge in [0.2, 0.25) is 0 Å². The van der Waals surface area contributed by atoms with Gasteiger partial charge in [0.25, 0.3) is 5.91 Å². The summed E-state index contributed by atoms with van der Waals surface area (Å²) in [5.41, 5.74) is 3.63. The first-order valence-corrected chi connectivity index (χ1v) is 4.18. The van der Waals surface area contributed by atoms with Crippen molar-refractivity contribution in [3.05, 3.63) is 11.4 Å². The van der Waals surface area contributed by atoms with E-state index >= 15 is 0 Å². The fraction of sp³-hybridized carbons (Fsp3) is 0.500. The molecule has 78 valence electrons. The second-order valence-electron chi connectivity index (χ2n) is 2.98. The molecule has 0 radical (unpaired) electrons. The van der Waals surface area contributed by atoms with Crippen LogP contribution in [0.4, 0.5) is 0 Å². The van der Waals surface area contributed by atoms with Crippen LogP contribution in [-0.4, -0.2) is 22.3 Å². The van der Waals surface area contributed by atoms with Gasteiger partial charge in [-0.3, -0.25) is 14.9 Å². The Morgan fingerprint density at radius 3 is 2.71 bits per heavy atom. The quantitative estimate of drug-likeness (QED) is 0.386. The van der Waals surface area contributed by atoms with Crippen molar-refractivity contribution in [1.82, 2.24) is 15.2 Å². The Kier molecular flexibility index (Phi) is 3.08. The Balaban J connectivity index is 2.71. The standard InChI is InChI=1S/C8H14N4O2/c1-5-8(6(2)12(3)11-5)14-4-7(13)10-9/h4,9H2,1-3H3,(H,10,13). The molecule has 0 aromatic carbocycles. The molecule has 1 amide bonds. The van der Waals surface area contributed by atoms with E-state index in [0.717, 1.165) is 11.4 Å². The van der Waals surface area contributed by atoms with Crippen LogP contribution in [0.2, 0.25) is 0 Å². The van der Waals surface area contributed by atoms with Crippen molar-refractivity contribution in [2.75, 3.05) is 6.61 Å². The molecule has 14 heavy (non-hydrogen) atoms. The second kappa shape index (κ2) is 4.10. The molecule has 6 heteroatoms. The SMILES string of the molecule is Cc1nn(C)c(C)c1OCC(=O)NN. The van der Waals surface area contributed by atoms with E-state index in [0.29, 0.717) is 5.75 Å². The molecular weight excluding hydrogens is 184 g/mol. The molecule has 0 bridgehead atoms. The highest BCUT2D eigenvalue weighted by molar-refractivity contribution is 5.76. The number of ether oxygens (including phenoxy) is 1. The summed E-state index contributed by atoms with van der Waals surface area (Å²) in [7, 11) is 1.82. The van der Waals surface area contributed by atoms with Crippen LogP contribution >= 0.6 is 0 Å². The van der Waals surface area contributed by atoms with Gasteiger partial charge in [-0.25, -0.2) is 5.84 Å². The van der Waals surface area contributed by atoms with Crippen molar-refractivity contribution in [2.24, 2.45) is 12.9 Å². The predicted octanol–water partition coefficient (Wildman–Crippen LogP) is -0.594. The lowest BCUT2D eigenvalue weighted by atomic mass is 10.3. The molecule has 0 atom stereocenters. The lowest BCUT2D eigenvalue weighted by Crippen LogP contribution is -2.34. The first-order valence-electron chi connectivity index (χ1n) is 4.18. The van der Waals surface area contributed by atoms with E-state index < -0.39 is 0 Å². The number of nitrogens with one attached hydrogen (secondary N) is 1. The summed E-state index contributed by atoms with van der Waals surface area (Å²) in [5, 5.41) is 4.14. The third kappa shape index (κ3) is 2.02. The highest BCUT2D eigenvalue weighted by Crippen LogP contribution is 2.20. The van der Waals surface area contributed by atoms with E-state index in [1.165, 1.54) is 0 Å². The average Bonchev–Trinajstić information content (AvgIpc) is 2.39. The first kappa shape index (κ1) is 10.5. The Morgan fingerprint density at radius 2 is 2.29 bits per heavy atom. The molecule has 0 aliphatic heterocycles. The number of carbonyl (C=O) groups excluding carboxylic acids is 1. The van der Waals surface area contributed by atoms with Crippen molar-refractivity contribution in [3.8, 4) is 5.75 Å². The third-order valence-electron chi connectivity index (χ3n) is 1.95. The Labute approximate surface area is 82.0 Å². The van der Waals surface area contributed by atoms with E-state index in [1.54, 1.807) is 4.68 Å². The smallest absolute Gasteiger partial charge is 0.271 e. The van der Waals surface area contributed by atoms with Gasteiger partial charge in [-0.1, -0.05) is 0 Å². The molecule has 0 saturated carbocycles. The van der Waals surface area contributed by atoms with E-state index in [1.807, 2.05) is 26.3 Å². The van der Waals surface area contributed by atoms with Crippen LogP contribution in [0.3, 0.4) is 0 Å². The van der Waals surface area contributed by atoms with Gasteiger partial charge in [-0.15, -0.1) is 0 Å². The van der Waals surface area contributed by atoms with Crippen LogP contribution < -0.4 is 16.0 Å². The number of hydrazine groups is 1. The summed E-state index contributed by atoms with van der Waals surface area (Å²) in [6.07, 6.45) is 0. The molecule has 1 aromatic heterocycles. The fourth-order valence-electron chi connectivity index (χ4n) is 1.14. The molecule has 1 aromatic rings. The number of aromatic nitrogens is 2. The summed E-state index contributed by atoms with van der Waals surface area (Å²) in [6.45, 7) is 3.60. The number of hydrogen-bond donors (Lipinski definition) is 2. The van der Waals surface area contributed by atoms with E-state index in [-0.39, 0.29) is 12.5 Å². The third-order valence-corrected chi connectivity index (χ3v) is 1.95. The predicted molar refractivity (Wildman–Crippen MR) is 50.5 cm³/mol. The largest absolute Gasteiger partial charge is 0.480 e. The van der Waals surface area contributed by atoms with Crippen molar-refractivity contribution >= 4 is 5.91 Å². The minimum absolute atomic E-state index is 0.0934. The molecule has 0 spiro atoms. The fourth-order valence-corrected chi connectivity index (χ4v) is 1.14. The van der Waals surface area contributed by atoms with E-state index in [2.05, 4.69) is 5.10 Å². The van der Waals surface area contributed by atoms with Crippen LogP contribution in [0.1, 0.15) is 11.4 Å². The van der Waals surface area contributed by atoms with Gasteiger partial charge in [0.05, 0.1) is 5.69 Å². The average molecular weight is 198 g/mol. The van der Waals surface area contributed by atoms with Crippen molar-refractivity contribution in [1.29, 1.82) is 0 Å². The highest BCUT2D eigenvalue weighted by Gasteiger charge is 2.11. The van der Waals surface area contributed by atoms with Crippen molar-refractivity contribution < 1.29 is 9.53 Å². The van der Waals surface area contributed by atoms with Gasteiger partial charge in [0.1, 0.15) is 5.69 Å². The molecule has 1 rings (SSSR count). The Bertz CT molecular complexity index is 345. The van der Waals surface area contributed by atoms with Crippen molar-refractivity contribution in [3.63, 3.8) is 0 Å². The van der Waals surface area contributed by atoms with Crippen LogP contribution in [0, 0.1) is 13.8 Å². The maximum absolute atomic E-state index is 10.8. The summed E-state index contributed by atoms with van der Waals surface area (Å²) < 4.78 is 6.97. The normalized spacial score (nSPS) is 10.0. The topological polar surface area (TPSA) is 82.2 Å². The number of carbonyl (C=O) groups is 1. The summed E-state index contributed by atoms with van der Waals surface area (Å²) in [5.74, 6) is 5.18. The maximum atomic E-state index is 10.8. The molecular formula is C8H14N4O2. The van der Waals surface area contributed by atoms with Gasteiger partial charge in [-0.05, 0) is 13.8 Å². The lowest BCUT2D eigenvalue weighted by molar-refractivity contribution is -0.123. The zero-order chi connectivity index (χ0) is 10.7.